The summed E-state index contributed by atoms with van der Waals surface area (Å²) >= 11 is 6.01. The van der Waals surface area contributed by atoms with E-state index >= 15 is 0 Å². The second kappa shape index (κ2) is 7.38. The lowest BCUT2D eigenvalue weighted by Crippen LogP contribution is -2.51. The van der Waals surface area contributed by atoms with Crippen molar-refractivity contribution in [2.75, 3.05) is 20.1 Å². The Morgan fingerprint density at radius 2 is 2.12 bits per heavy atom. The maximum atomic E-state index is 12.6. The third-order valence-corrected chi connectivity index (χ3v) is 4.21. The van der Waals surface area contributed by atoms with Gasteiger partial charge in [0.15, 0.2) is 0 Å². The molecular formula is C17H24ClN3O3. The van der Waals surface area contributed by atoms with Crippen molar-refractivity contribution in [2.45, 2.75) is 45.3 Å². The van der Waals surface area contributed by atoms with Crippen molar-refractivity contribution in [1.82, 2.24) is 14.8 Å². The molecule has 0 aliphatic carbocycles. The van der Waals surface area contributed by atoms with Crippen LogP contribution in [0.4, 0.5) is 4.79 Å². The van der Waals surface area contributed by atoms with Crippen LogP contribution in [-0.4, -0.2) is 58.6 Å². The molecule has 2 rings (SSSR count). The lowest BCUT2D eigenvalue weighted by atomic mass is 10.0. The number of ether oxygens (including phenoxy) is 1. The first-order chi connectivity index (χ1) is 11.2. The highest BCUT2D eigenvalue weighted by molar-refractivity contribution is 6.32. The first kappa shape index (κ1) is 18.5. The van der Waals surface area contributed by atoms with E-state index in [2.05, 4.69) is 4.98 Å². The third kappa shape index (κ3) is 4.60. The van der Waals surface area contributed by atoms with Gasteiger partial charge in [-0.1, -0.05) is 11.6 Å². The summed E-state index contributed by atoms with van der Waals surface area (Å²) in [5.41, 5.74) is -0.161. The second-order valence-corrected chi connectivity index (χ2v) is 7.34. The fourth-order valence-electron chi connectivity index (χ4n) is 2.66. The monoisotopic (exact) mass is 353 g/mol. The van der Waals surface area contributed by atoms with E-state index in [0.29, 0.717) is 18.7 Å². The zero-order valence-corrected chi connectivity index (χ0v) is 15.3. The number of pyridine rings is 1. The van der Waals surface area contributed by atoms with Crippen molar-refractivity contribution in [2.24, 2.45) is 0 Å². The predicted octanol–water partition coefficient (Wildman–Crippen LogP) is 3.21. The minimum Gasteiger partial charge on any atom is -0.444 e. The fourth-order valence-corrected chi connectivity index (χ4v) is 2.86. The van der Waals surface area contributed by atoms with Gasteiger partial charge in [-0.05, 0) is 45.7 Å². The molecule has 0 bridgehead atoms. The van der Waals surface area contributed by atoms with Gasteiger partial charge in [0.1, 0.15) is 10.8 Å². The smallest absolute Gasteiger partial charge is 0.410 e. The van der Waals surface area contributed by atoms with Crippen molar-refractivity contribution >= 4 is 23.6 Å². The zero-order valence-electron chi connectivity index (χ0n) is 14.6. The van der Waals surface area contributed by atoms with Crippen LogP contribution in [0.5, 0.6) is 0 Å². The van der Waals surface area contributed by atoms with E-state index in [0.717, 1.165) is 12.8 Å². The average Bonchev–Trinajstić information content (AvgIpc) is 2.52. The zero-order chi connectivity index (χ0) is 17.9. The molecule has 1 saturated heterocycles. The molecule has 1 aromatic rings. The first-order valence-electron chi connectivity index (χ1n) is 8.04. The normalized spacial score (nSPS) is 18.2. The van der Waals surface area contributed by atoms with Crippen LogP contribution in [0.3, 0.4) is 0 Å². The highest BCUT2D eigenvalue weighted by Crippen LogP contribution is 2.21. The number of likely N-dealkylation sites (N-methyl/N-ethyl adjacent to an activating group) is 1. The van der Waals surface area contributed by atoms with Gasteiger partial charge >= 0.3 is 6.09 Å². The Labute approximate surface area is 147 Å². The van der Waals surface area contributed by atoms with Crippen molar-refractivity contribution < 1.29 is 14.3 Å². The molecule has 0 saturated carbocycles. The summed E-state index contributed by atoms with van der Waals surface area (Å²) in [6.45, 7) is 6.61. The molecule has 1 aromatic heterocycles. The Morgan fingerprint density at radius 3 is 2.75 bits per heavy atom. The van der Waals surface area contributed by atoms with Crippen molar-refractivity contribution in [3.63, 3.8) is 0 Å². The van der Waals surface area contributed by atoms with Gasteiger partial charge in [0.05, 0.1) is 5.56 Å². The minimum absolute atomic E-state index is 0.0740. The van der Waals surface area contributed by atoms with E-state index < -0.39 is 5.60 Å². The number of hydrogen-bond acceptors (Lipinski definition) is 4. The summed E-state index contributed by atoms with van der Waals surface area (Å²) in [5, 5.41) is 0.189. The van der Waals surface area contributed by atoms with E-state index in [4.69, 9.17) is 16.3 Å². The van der Waals surface area contributed by atoms with Crippen molar-refractivity contribution in [3.8, 4) is 0 Å². The SMILES string of the molecule is CN(C(=O)c1cccnc1Cl)C1CCCN(C(=O)OC(C)(C)C)C1. The number of halogens is 1. The molecule has 1 aliphatic heterocycles. The molecule has 6 nitrogen and oxygen atoms in total. The molecule has 0 radical (unpaired) electrons. The maximum Gasteiger partial charge on any atom is 0.410 e. The largest absolute Gasteiger partial charge is 0.444 e. The Kier molecular flexibility index (Phi) is 5.70. The van der Waals surface area contributed by atoms with Gasteiger partial charge in [0, 0.05) is 32.4 Å². The molecule has 0 N–H and O–H groups in total. The van der Waals surface area contributed by atoms with Gasteiger partial charge < -0.3 is 14.5 Å². The lowest BCUT2D eigenvalue weighted by Gasteiger charge is -2.38. The maximum absolute atomic E-state index is 12.6. The van der Waals surface area contributed by atoms with Crippen LogP contribution in [0.25, 0.3) is 0 Å². The number of carbonyl (C=O) groups is 2. The van der Waals surface area contributed by atoms with E-state index in [1.165, 1.54) is 0 Å². The second-order valence-electron chi connectivity index (χ2n) is 6.98. The molecule has 0 spiro atoms. The summed E-state index contributed by atoms with van der Waals surface area (Å²) in [4.78, 5) is 32.1. The third-order valence-electron chi connectivity index (χ3n) is 3.91. The van der Waals surface area contributed by atoms with Crippen LogP contribution in [0.15, 0.2) is 18.3 Å². The van der Waals surface area contributed by atoms with E-state index in [1.807, 2.05) is 20.8 Å². The molecule has 1 fully saturated rings. The molecule has 132 valence electrons. The number of carbonyl (C=O) groups excluding carboxylic acids is 2. The van der Waals surface area contributed by atoms with Crippen LogP contribution >= 0.6 is 11.6 Å². The average molecular weight is 354 g/mol. The van der Waals surface area contributed by atoms with Crippen LogP contribution in [0, 0.1) is 0 Å². The van der Waals surface area contributed by atoms with Gasteiger partial charge in [-0.3, -0.25) is 4.79 Å². The molecular weight excluding hydrogens is 330 g/mol. The van der Waals surface area contributed by atoms with Crippen LogP contribution in [0.2, 0.25) is 5.15 Å². The number of likely N-dealkylation sites (tertiary alicyclic amines) is 1. The van der Waals surface area contributed by atoms with Gasteiger partial charge in [-0.25, -0.2) is 9.78 Å². The Balaban J connectivity index is 2.05. The number of amides is 2. The highest BCUT2D eigenvalue weighted by Gasteiger charge is 2.31. The van der Waals surface area contributed by atoms with Crippen molar-refractivity contribution in [1.29, 1.82) is 0 Å². The summed E-state index contributed by atoms with van der Waals surface area (Å²) < 4.78 is 5.42. The molecule has 1 aliphatic rings. The number of hydrogen-bond donors (Lipinski definition) is 0. The summed E-state index contributed by atoms with van der Waals surface area (Å²) in [7, 11) is 1.73. The minimum atomic E-state index is -0.533. The van der Waals surface area contributed by atoms with Gasteiger partial charge in [0.25, 0.3) is 5.91 Å². The van der Waals surface area contributed by atoms with E-state index in [1.54, 1.807) is 35.2 Å². The Hall–Kier alpha value is -1.82. The fraction of sp³-hybridized carbons (Fsp3) is 0.588. The Bertz CT molecular complexity index is 615. The molecule has 1 unspecified atom stereocenters. The molecule has 0 aromatic carbocycles. The number of piperidine rings is 1. The van der Waals surface area contributed by atoms with Crippen molar-refractivity contribution in [3.05, 3.63) is 29.0 Å². The summed E-state index contributed by atoms with van der Waals surface area (Å²) in [6, 6.07) is 3.26. The molecule has 1 atom stereocenters. The van der Waals surface area contributed by atoms with E-state index in [9.17, 15) is 9.59 Å². The predicted molar refractivity (Wildman–Crippen MR) is 92.2 cm³/mol. The lowest BCUT2D eigenvalue weighted by molar-refractivity contribution is 0.0123. The number of rotatable bonds is 2. The molecule has 2 heterocycles. The molecule has 2 amide bonds. The number of nitrogens with zero attached hydrogens (tertiary/aromatic N) is 3. The molecule has 24 heavy (non-hydrogen) atoms. The standard InChI is InChI=1S/C17H24ClN3O3/c1-17(2,3)24-16(23)21-10-6-7-12(11-21)20(4)15(22)13-8-5-9-19-14(13)18/h5,8-9,12H,6-7,10-11H2,1-4H3. The van der Waals surface area contributed by atoms with Gasteiger partial charge in [-0.2, -0.15) is 0 Å². The van der Waals surface area contributed by atoms with Crippen LogP contribution < -0.4 is 0 Å². The Morgan fingerprint density at radius 1 is 1.42 bits per heavy atom. The highest BCUT2D eigenvalue weighted by atomic mass is 35.5. The van der Waals surface area contributed by atoms with Crippen LogP contribution in [-0.2, 0) is 4.74 Å². The summed E-state index contributed by atoms with van der Waals surface area (Å²) in [5.74, 6) is -0.191. The first-order valence-corrected chi connectivity index (χ1v) is 8.42. The van der Waals surface area contributed by atoms with Crippen LogP contribution in [0.1, 0.15) is 44.0 Å². The van der Waals surface area contributed by atoms with Gasteiger partial charge in [-0.15, -0.1) is 0 Å². The van der Waals surface area contributed by atoms with Gasteiger partial charge in [0.2, 0.25) is 0 Å². The summed E-state index contributed by atoms with van der Waals surface area (Å²) in [6.07, 6.45) is 2.86. The topological polar surface area (TPSA) is 62.7 Å². The number of aromatic nitrogens is 1. The molecule has 7 heteroatoms. The van der Waals surface area contributed by atoms with E-state index in [-0.39, 0.29) is 23.2 Å². The quantitative estimate of drug-likeness (QED) is 0.766.